The van der Waals surface area contributed by atoms with E-state index >= 15 is 0 Å². The molecule has 2 N–H and O–H groups in total. The molecule has 1 aliphatic carbocycles. The highest BCUT2D eigenvalue weighted by molar-refractivity contribution is 6.04. The molecule has 0 unspecified atom stereocenters. The molecule has 5 nitrogen and oxygen atoms in total. The molecule has 1 fully saturated rings. The van der Waals surface area contributed by atoms with Crippen molar-refractivity contribution < 1.29 is 9.59 Å². The highest BCUT2D eigenvalue weighted by Crippen LogP contribution is 2.27. The maximum absolute atomic E-state index is 12.5. The first-order valence-corrected chi connectivity index (χ1v) is 8.04. The Morgan fingerprint density at radius 3 is 2.50 bits per heavy atom. The van der Waals surface area contributed by atoms with E-state index in [1.165, 1.54) is 12.8 Å². The van der Waals surface area contributed by atoms with Crippen molar-refractivity contribution in [2.24, 2.45) is 5.92 Å². The van der Waals surface area contributed by atoms with Crippen LogP contribution in [-0.2, 0) is 4.79 Å². The van der Waals surface area contributed by atoms with Crippen molar-refractivity contribution >= 4 is 17.5 Å². The summed E-state index contributed by atoms with van der Waals surface area (Å²) in [4.78, 5) is 26.2. The van der Waals surface area contributed by atoms with E-state index in [2.05, 4.69) is 10.6 Å². The lowest BCUT2D eigenvalue weighted by molar-refractivity contribution is -0.115. The Kier molecular flexibility index (Phi) is 5.95. The maximum atomic E-state index is 12.5. The van der Waals surface area contributed by atoms with Gasteiger partial charge in [0.2, 0.25) is 5.91 Å². The average molecular weight is 303 g/mol. The van der Waals surface area contributed by atoms with Crippen LogP contribution in [0.1, 0.15) is 37.0 Å². The molecular weight excluding hydrogens is 278 g/mol. The molecule has 0 radical (unpaired) electrons. The number of nitrogens with zero attached hydrogens (tertiary/aromatic N) is 1. The number of carbonyl (C=O) groups is 2. The number of benzene rings is 1. The van der Waals surface area contributed by atoms with Crippen LogP contribution in [0.15, 0.2) is 24.3 Å². The smallest absolute Gasteiger partial charge is 0.255 e. The Hall–Kier alpha value is -1.88. The fourth-order valence-corrected chi connectivity index (χ4v) is 2.37. The lowest BCUT2D eigenvalue weighted by Gasteiger charge is -2.20. The summed E-state index contributed by atoms with van der Waals surface area (Å²) in [5.74, 6) is 0.580. The molecule has 2 amide bonds. The van der Waals surface area contributed by atoms with Gasteiger partial charge in [-0.25, -0.2) is 0 Å². The molecule has 1 aromatic carbocycles. The first kappa shape index (κ1) is 16.5. The number of hydrogen-bond acceptors (Lipinski definition) is 3. The van der Waals surface area contributed by atoms with Gasteiger partial charge in [-0.05, 0) is 51.3 Å². The van der Waals surface area contributed by atoms with E-state index in [4.69, 9.17) is 0 Å². The van der Waals surface area contributed by atoms with E-state index in [0.717, 1.165) is 12.5 Å². The summed E-state index contributed by atoms with van der Waals surface area (Å²) in [6, 6.07) is 7.17. The number of amides is 2. The second-order valence-corrected chi connectivity index (χ2v) is 5.65. The zero-order chi connectivity index (χ0) is 15.9. The van der Waals surface area contributed by atoms with Crippen molar-refractivity contribution in [3.8, 4) is 0 Å². The molecule has 0 aromatic heterocycles. The predicted molar refractivity (Wildman–Crippen MR) is 87.9 cm³/mol. The van der Waals surface area contributed by atoms with Crippen molar-refractivity contribution in [2.45, 2.75) is 26.7 Å². The van der Waals surface area contributed by atoms with Crippen molar-refractivity contribution in [1.82, 2.24) is 10.2 Å². The largest absolute Gasteiger partial charge is 0.339 e. The number of hydrogen-bond donors (Lipinski definition) is 2. The van der Waals surface area contributed by atoms with Gasteiger partial charge in [0.25, 0.3) is 5.91 Å². The third-order valence-electron chi connectivity index (χ3n) is 3.90. The Balaban J connectivity index is 1.97. The minimum atomic E-state index is -0.111. The fourth-order valence-electron chi connectivity index (χ4n) is 2.37. The summed E-state index contributed by atoms with van der Waals surface area (Å²) in [5.41, 5.74) is 1.12. The van der Waals surface area contributed by atoms with Gasteiger partial charge in [0.15, 0.2) is 0 Å². The van der Waals surface area contributed by atoms with Gasteiger partial charge in [-0.2, -0.15) is 0 Å². The molecule has 22 heavy (non-hydrogen) atoms. The molecule has 1 aromatic rings. The highest BCUT2D eigenvalue weighted by atomic mass is 16.2. The molecule has 1 aliphatic rings. The molecule has 2 rings (SSSR count). The molecule has 0 bridgehead atoms. The van der Waals surface area contributed by atoms with Gasteiger partial charge in [0, 0.05) is 13.1 Å². The third-order valence-corrected chi connectivity index (χ3v) is 3.90. The van der Waals surface area contributed by atoms with Crippen LogP contribution in [-0.4, -0.2) is 42.9 Å². The predicted octanol–water partition coefficient (Wildman–Crippen LogP) is 2.11. The van der Waals surface area contributed by atoms with Crippen LogP contribution < -0.4 is 10.6 Å². The summed E-state index contributed by atoms with van der Waals surface area (Å²) < 4.78 is 0. The molecule has 0 saturated heterocycles. The summed E-state index contributed by atoms with van der Waals surface area (Å²) in [5, 5.41) is 5.99. The van der Waals surface area contributed by atoms with E-state index in [1.54, 1.807) is 17.0 Å². The topological polar surface area (TPSA) is 61.4 Å². The quantitative estimate of drug-likeness (QED) is 0.773. The van der Waals surface area contributed by atoms with E-state index < -0.39 is 0 Å². The summed E-state index contributed by atoms with van der Waals surface area (Å²) in [6.45, 7) is 6.38. The van der Waals surface area contributed by atoms with Gasteiger partial charge in [0.1, 0.15) is 0 Å². The molecule has 0 heterocycles. The van der Waals surface area contributed by atoms with Crippen molar-refractivity contribution in [1.29, 1.82) is 0 Å². The number of rotatable bonds is 8. The van der Waals surface area contributed by atoms with Gasteiger partial charge >= 0.3 is 0 Å². The van der Waals surface area contributed by atoms with E-state index in [0.29, 0.717) is 24.3 Å². The van der Waals surface area contributed by atoms with Crippen LogP contribution in [0.25, 0.3) is 0 Å². The summed E-state index contributed by atoms with van der Waals surface area (Å²) in [6.07, 6.45) is 2.52. The number of nitrogens with one attached hydrogen (secondary N) is 2. The Morgan fingerprint density at radius 1 is 1.18 bits per heavy atom. The fraction of sp³-hybridized carbons (Fsp3) is 0.529. The average Bonchev–Trinajstić information content (AvgIpc) is 3.33. The first-order valence-electron chi connectivity index (χ1n) is 8.04. The monoisotopic (exact) mass is 303 g/mol. The molecular formula is C17H25N3O2. The van der Waals surface area contributed by atoms with Gasteiger partial charge in [0.05, 0.1) is 17.8 Å². The second kappa shape index (κ2) is 7.94. The van der Waals surface area contributed by atoms with Crippen molar-refractivity contribution in [3.63, 3.8) is 0 Å². The van der Waals surface area contributed by atoms with Crippen LogP contribution in [0.2, 0.25) is 0 Å². The van der Waals surface area contributed by atoms with E-state index in [-0.39, 0.29) is 18.4 Å². The third kappa shape index (κ3) is 4.56. The van der Waals surface area contributed by atoms with Crippen molar-refractivity contribution in [3.05, 3.63) is 29.8 Å². The van der Waals surface area contributed by atoms with Crippen LogP contribution in [0.4, 0.5) is 5.69 Å². The number of anilines is 1. The number of carbonyl (C=O) groups excluding carboxylic acids is 2. The Bertz CT molecular complexity index is 522. The normalized spacial score (nSPS) is 13.7. The standard InChI is InChI=1S/C17H25N3O2/c1-3-20(4-2)17(22)14-7-5-6-8-15(14)19-16(21)12-18-11-13-9-10-13/h5-8,13,18H,3-4,9-12H2,1-2H3,(H,19,21). The molecule has 0 aliphatic heterocycles. The molecule has 0 spiro atoms. The Morgan fingerprint density at radius 2 is 1.86 bits per heavy atom. The second-order valence-electron chi connectivity index (χ2n) is 5.65. The first-order chi connectivity index (χ1) is 10.7. The van der Waals surface area contributed by atoms with Crippen LogP contribution >= 0.6 is 0 Å². The molecule has 0 atom stereocenters. The molecule has 5 heteroatoms. The lowest BCUT2D eigenvalue weighted by Crippen LogP contribution is -2.33. The number of para-hydroxylation sites is 1. The highest BCUT2D eigenvalue weighted by Gasteiger charge is 2.21. The van der Waals surface area contributed by atoms with Gasteiger partial charge < -0.3 is 15.5 Å². The summed E-state index contributed by atoms with van der Waals surface area (Å²) in [7, 11) is 0. The van der Waals surface area contributed by atoms with E-state index in [9.17, 15) is 9.59 Å². The van der Waals surface area contributed by atoms with Crippen LogP contribution in [0.5, 0.6) is 0 Å². The maximum Gasteiger partial charge on any atom is 0.255 e. The van der Waals surface area contributed by atoms with Gasteiger partial charge in [-0.1, -0.05) is 12.1 Å². The van der Waals surface area contributed by atoms with Gasteiger partial charge in [-0.15, -0.1) is 0 Å². The molecule has 1 saturated carbocycles. The lowest BCUT2D eigenvalue weighted by atomic mass is 10.1. The summed E-state index contributed by atoms with van der Waals surface area (Å²) >= 11 is 0. The van der Waals surface area contributed by atoms with Crippen LogP contribution in [0.3, 0.4) is 0 Å². The van der Waals surface area contributed by atoms with Gasteiger partial charge in [-0.3, -0.25) is 9.59 Å². The Labute approximate surface area is 132 Å². The van der Waals surface area contributed by atoms with E-state index in [1.807, 2.05) is 26.0 Å². The van der Waals surface area contributed by atoms with Crippen LogP contribution in [0, 0.1) is 5.92 Å². The minimum Gasteiger partial charge on any atom is -0.339 e. The zero-order valence-corrected chi connectivity index (χ0v) is 13.4. The minimum absolute atomic E-state index is 0.0492. The molecule has 120 valence electrons. The zero-order valence-electron chi connectivity index (χ0n) is 13.4. The SMILES string of the molecule is CCN(CC)C(=O)c1ccccc1NC(=O)CNCC1CC1. The van der Waals surface area contributed by atoms with Crippen molar-refractivity contribution in [2.75, 3.05) is 31.5 Å².